The molecule has 0 bridgehead atoms. The number of aliphatic hydroxyl groups is 1. The largest absolute Gasteiger partial charge is 0.481 e. The number of carboxylic acids is 1. The highest BCUT2D eigenvalue weighted by molar-refractivity contribution is 5.71. The summed E-state index contributed by atoms with van der Waals surface area (Å²) in [5.41, 5.74) is -1.15. The van der Waals surface area contributed by atoms with Crippen LogP contribution in [0.3, 0.4) is 0 Å². The zero-order valence-electron chi connectivity index (χ0n) is 6.41. The Morgan fingerprint density at radius 1 is 1.73 bits per heavy atom. The maximum Gasteiger partial charge on any atom is 0.309 e. The normalized spacial score (nSPS) is 33.6. The third-order valence-electron chi connectivity index (χ3n) is 2.21. The van der Waals surface area contributed by atoms with Crippen molar-refractivity contribution in [2.75, 3.05) is 13.2 Å². The molecule has 4 nitrogen and oxygen atoms in total. The highest BCUT2D eigenvalue weighted by atomic mass is 16.5. The molecular formula is C7H12O4. The van der Waals surface area contributed by atoms with E-state index in [1.165, 1.54) is 6.92 Å². The second-order valence-electron chi connectivity index (χ2n) is 2.97. The summed E-state index contributed by atoms with van der Waals surface area (Å²) in [5, 5.41) is 18.2. The van der Waals surface area contributed by atoms with Gasteiger partial charge in [-0.15, -0.1) is 0 Å². The van der Waals surface area contributed by atoms with E-state index in [1.54, 1.807) is 0 Å². The van der Waals surface area contributed by atoms with Crippen molar-refractivity contribution in [1.82, 2.24) is 0 Å². The van der Waals surface area contributed by atoms with Gasteiger partial charge in [-0.25, -0.2) is 0 Å². The van der Waals surface area contributed by atoms with Crippen molar-refractivity contribution in [1.29, 1.82) is 0 Å². The number of carbonyl (C=O) groups is 1. The molecule has 0 spiro atoms. The van der Waals surface area contributed by atoms with E-state index in [2.05, 4.69) is 0 Å². The standard InChI is InChI=1S/C7H12O4/c1-5(6(8)9)7(10)2-3-11-4-7/h5,10H,2-4H2,1H3,(H,8,9). The summed E-state index contributed by atoms with van der Waals surface area (Å²) in [5.74, 6) is -1.72. The third kappa shape index (κ3) is 1.52. The van der Waals surface area contributed by atoms with Crippen molar-refractivity contribution in [2.24, 2.45) is 5.92 Å². The molecular weight excluding hydrogens is 148 g/mol. The van der Waals surface area contributed by atoms with Crippen LogP contribution in [0.15, 0.2) is 0 Å². The minimum atomic E-state index is -1.15. The molecule has 0 aromatic rings. The van der Waals surface area contributed by atoms with Gasteiger partial charge in [0.15, 0.2) is 0 Å². The highest BCUT2D eigenvalue weighted by Crippen LogP contribution is 2.26. The average Bonchev–Trinajstić information content (AvgIpc) is 2.35. The van der Waals surface area contributed by atoms with Crippen LogP contribution in [0.4, 0.5) is 0 Å². The van der Waals surface area contributed by atoms with Crippen molar-refractivity contribution < 1.29 is 19.7 Å². The summed E-state index contributed by atoms with van der Waals surface area (Å²) >= 11 is 0. The molecule has 0 aromatic carbocycles. The molecule has 4 heteroatoms. The van der Waals surface area contributed by atoms with E-state index in [4.69, 9.17) is 9.84 Å². The fourth-order valence-electron chi connectivity index (χ4n) is 1.14. The third-order valence-corrected chi connectivity index (χ3v) is 2.21. The van der Waals surface area contributed by atoms with Gasteiger partial charge in [0.1, 0.15) is 5.60 Å². The van der Waals surface area contributed by atoms with Gasteiger partial charge in [-0.05, 0) is 6.92 Å². The Balaban J connectivity index is 2.63. The van der Waals surface area contributed by atoms with Crippen LogP contribution in [-0.4, -0.2) is 35.0 Å². The van der Waals surface area contributed by atoms with Gasteiger partial charge in [-0.1, -0.05) is 0 Å². The lowest BCUT2D eigenvalue weighted by Gasteiger charge is -2.24. The van der Waals surface area contributed by atoms with Gasteiger partial charge in [0.05, 0.1) is 12.5 Å². The average molecular weight is 160 g/mol. The fourth-order valence-corrected chi connectivity index (χ4v) is 1.14. The van der Waals surface area contributed by atoms with E-state index >= 15 is 0 Å². The Morgan fingerprint density at radius 2 is 2.36 bits per heavy atom. The molecule has 2 N–H and O–H groups in total. The van der Waals surface area contributed by atoms with E-state index in [0.29, 0.717) is 13.0 Å². The van der Waals surface area contributed by atoms with E-state index in [9.17, 15) is 9.90 Å². The van der Waals surface area contributed by atoms with Crippen LogP contribution in [0.1, 0.15) is 13.3 Å². The first kappa shape index (κ1) is 8.49. The van der Waals surface area contributed by atoms with Crippen LogP contribution in [0, 0.1) is 5.92 Å². The fraction of sp³-hybridized carbons (Fsp3) is 0.857. The number of aliphatic carboxylic acids is 1. The molecule has 1 aliphatic rings. The van der Waals surface area contributed by atoms with E-state index in [1.807, 2.05) is 0 Å². The van der Waals surface area contributed by atoms with E-state index in [-0.39, 0.29) is 6.61 Å². The Labute approximate surface area is 64.8 Å². The van der Waals surface area contributed by atoms with Gasteiger partial charge < -0.3 is 14.9 Å². The molecule has 2 atom stereocenters. The summed E-state index contributed by atoms with van der Waals surface area (Å²) in [6.07, 6.45) is 0.417. The predicted molar refractivity (Wildman–Crippen MR) is 37.2 cm³/mol. The van der Waals surface area contributed by atoms with Gasteiger partial charge >= 0.3 is 5.97 Å². The molecule has 0 aromatic heterocycles. The van der Waals surface area contributed by atoms with Crippen LogP contribution < -0.4 is 0 Å². The number of hydrogen-bond acceptors (Lipinski definition) is 3. The minimum absolute atomic E-state index is 0.139. The van der Waals surface area contributed by atoms with Crippen LogP contribution in [0.25, 0.3) is 0 Å². The Bertz CT molecular complexity index is 160. The number of hydrogen-bond donors (Lipinski definition) is 2. The second-order valence-corrected chi connectivity index (χ2v) is 2.97. The first-order chi connectivity index (χ1) is 5.06. The Hall–Kier alpha value is -0.610. The van der Waals surface area contributed by atoms with Crippen molar-refractivity contribution in [3.8, 4) is 0 Å². The van der Waals surface area contributed by atoms with Crippen LogP contribution in [-0.2, 0) is 9.53 Å². The maximum atomic E-state index is 10.5. The van der Waals surface area contributed by atoms with Crippen molar-refractivity contribution >= 4 is 5.97 Å². The quantitative estimate of drug-likeness (QED) is 0.590. The number of carboxylic acid groups (broad SMARTS) is 1. The summed E-state index contributed by atoms with van der Waals surface area (Å²) in [6, 6.07) is 0. The summed E-state index contributed by atoms with van der Waals surface area (Å²) in [7, 11) is 0. The second kappa shape index (κ2) is 2.79. The van der Waals surface area contributed by atoms with Crippen molar-refractivity contribution in [3.63, 3.8) is 0 Å². The van der Waals surface area contributed by atoms with Crippen molar-refractivity contribution in [2.45, 2.75) is 18.9 Å². The topological polar surface area (TPSA) is 66.8 Å². The van der Waals surface area contributed by atoms with Gasteiger partial charge in [-0.3, -0.25) is 4.79 Å². The summed E-state index contributed by atoms with van der Waals surface area (Å²) in [6.45, 7) is 2.09. The summed E-state index contributed by atoms with van der Waals surface area (Å²) in [4.78, 5) is 10.5. The molecule has 2 unspecified atom stereocenters. The zero-order valence-corrected chi connectivity index (χ0v) is 6.41. The molecule has 0 saturated carbocycles. The van der Waals surface area contributed by atoms with Gasteiger partial charge in [0, 0.05) is 13.0 Å². The number of ether oxygens (including phenoxy) is 1. The molecule has 1 rings (SSSR count). The molecule has 1 fully saturated rings. The SMILES string of the molecule is CC(C(=O)O)C1(O)CCOC1. The molecule has 0 amide bonds. The van der Waals surface area contributed by atoms with Gasteiger partial charge in [-0.2, -0.15) is 0 Å². The minimum Gasteiger partial charge on any atom is -0.481 e. The Kier molecular flexibility index (Phi) is 2.15. The van der Waals surface area contributed by atoms with Crippen LogP contribution in [0.5, 0.6) is 0 Å². The van der Waals surface area contributed by atoms with E-state index < -0.39 is 17.5 Å². The predicted octanol–water partition coefficient (Wildman–Crippen LogP) is -0.141. The van der Waals surface area contributed by atoms with E-state index in [0.717, 1.165) is 0 Å². The monoisotopic (exact) mass is 160 g/mol. The Morgan fingerprint density at radius 3 is 2.73 bits per heavy atom. The molecule has 1 aliphatic heterocycles. The first-order valence-corrected chi connectivity index (χ1v) is 3.59. The highest BCUT2D eigenvalue weighted by Gasteiger charge is 2.41. The lowest BCUT2D eigenvalue weighted by Crippen LogP contribution is -2.41. The lowest BCUT2D eigenvalue weighted by atomic mass is 9.88. The smallest absolute Gasteiger partial charge is 0.309 e. The molecule has 64 valence electrons. The van der Waals surface area contributed by atoms with Gasteiger partial charge in [0.2, 0.25) is 0 Å². The van der Waals surface area contributed by atoms with Crippen molar-refractivity contribution in [3.05, 3.63) is 0 Å². The molecule has 0 aliphatic carbocycles. The molecule has 0 radical (unpaired) electrons. The molecule has 1 saturated heterocycles. The van der Waals surface area contributed by atoms with Gasteiger partial charge in [0.25, 0.3) is 0 Å². The van der Waals surface area contributed by atoms with Crippen LogP contribution in [0.2, 0.25) is 0 Å². The molecule has 11 heavy (non-hydrogen) atoms. The maximum absolute atomic E-state index is 10.5. The zero-order chi connectivity index (χ0) is 8.48. The lowest BCUT2D eigenvalue weighted by molar-refractivity contribution is -0.150. The molecule has 1 heterocycles. The summed E-state index contributed by atoms with van der Waals surface area (Å²) < 4.78 is 4.92. The van der Waals surface area contributed by atoms with Crippen LogP contribution >= 0.6 is 0 Å². The first-order valence-electron chi connectivity index (χ1n) is 3.59. The number of rotatable bonds is 2.